The summed E-state index contributed by atoms with van der Waals surface area (Å²) in [5.74, 6) is 0.120. The lowest BCUT2D eigenvalue weighted by Gasteiger charge is -2.16. The van der Waals surface area contributed by atoms with E-state index in [1.807, 2.05) is 30.3 Å². The topological polar surface area (TPSA) is 67.2 Å². The molecule has 3 rings (SSSR count). The van der Waals surface area contributed by atoms with Gasteiger partial charge in [-0.05, 0) is 12.0 Å². The molecule has 1 N–H and O–H groups in total. The van der Waals surface area contributed by atoms with E-state index in [0.717, 1.165) is 6.42 Å². The fraction of sp³-hybridized carbons (Fsp3) is 0.353. The molecule has 1 saturated heterocycles. The minimum Gasteiger partial charge on any atom is -0.342 e. The van der Waals surface area contributed by atoms with Gasteiger partial charge >= 0.3 is 0 Å². The average Bonchev–Trinajstić information content (AvgIpc) is 3.12. The average molecular weight is 312 g/mol. The van der Waals surface area contributed by atoms with E-state index in [0.29, 0.717) is 18.9 Å². The van der Waals surface area contributed by atoms with Gasteiger partial charge in [-0.1, -0.05) is 30.3 Å². The maximum absolute atomic E-state index is 12.3. The maximum Gasteiger partial charge on any atom is 0.230 e. The molecular formula is C17H20N4O2. The number of rotatable bonds is 5. The molecule has 0 radical (unpaired) electrons. The van der Waals surface area contributed by atoms with Gasteiger partial charge in [0, 0.05) is 38.8 Å². The van der Waals surface area contributed by atoms with Gasteiger partial charge < -0.3 is 10.2 Å². The Balaban J connectivity index is 1.53. The molecule has 2 aromatic rings. The van der Waals surface area contributed by atoms with E-state index in [1.54, 1.807) is 28.9 Å². The number of amides is 2. The molecule has 2 heterocycles. The minimum absolute atomic E-state index is 0.0436. The Bertz CT molecular complexity index is 696. The van der Waals surface area contributed by atoms with Crippen LogP contribution in [0, 0.1) is 5.92 Å². The molecule has 6 heteroatoms. The van der Waals surface area contributed by atoms with E-state index >= 15 is 0 Å². The number of hydrogen-bond donors (Lipinski definition) is 1. The van der Waals surface area contributed by atoms with Crippen LogP contribution in [0.5, 0.6) is 0 Å². The Morgan fingerprint density at radius 3 is 2.78 bits per heavy atom. The number of carbonyl (C=O) groups is 2. The molecule has 1 aliphatic heterocycles. The van der Waals surface area contributed by atoms with Crippen molar-refractivity contribution in [3.63, 3.8) is 0 Å². The fourth-order valence-corrected chi connectivity index (χ4v) is 2.78. The first-order valence-electron chi connectivity index (χ1n) is 7.74. The van der Waals surface area contributed by atoms with Crippen molar-refractivity contribution in [3.05, 3.63) is 48.2 Å². The number of hydrogen-bond acceptors (Lipinski definition) is 3. The van der Waals surface area contributed by atoms with Gasteiger partial charge in [-0.3, -0.25) is 14.3 Å². The molecule has 0 unspecified atom stereocenters. The molecule has 0 aliphatic carbocycles. The molecule has 1 aromatic carbocycles. The van der Waals surface area contributed by atoms with Gasteiger partial charge in [-0.15, -0.1) is 0 Å². The van der Waals surface area contributed by atoms with Crippen molar-refractivity contribution in [2.24, 2.45) is 13.0 Å². The molecule has 0 spiro atoms. The molecule has 1 aromatic heterocycles. The Morgan fingerprint density at radius 2 is 2.09 bits per heavy atom. The Labute approximate surface area is 135 Å². The second-order valence-electron chi connectivity index (χ2n) is 5.84. The molecule has 2 amide bonds. The zero-order valence-corrected chi connectivity index (χ0v) is 13.1. The quantitative estimate of drug-likeness (QED) is 0.908. The lowest BCUT2D eigenvalue weighted by Crippen LogP contribution is -2.30. The highest BCUT2D eigenvalue weighted by atomic mass is 16.2. The van der Waals surface area contributed by atoms with E-state index in [4.69, 9.17) is 0 Å². The van der Waals surface area contributed by atoms with Crippen LogP contribution >= 0.6 is 0 Å². The smallest absolute Gasteiger partial charge is 0.230 e. The summed E-state index contributed by atoms with van der Waals surface area (Å²) in [5, 5.41) is 6.89. The number of anilines is 1. The number of aromatic nitrogens is 2. The second kappa shape index (κ2) is 6.64. The molecule has 1 aliphatic rings. The van der Waals surface area contributed by atoms with Gasteiger partial charge in [0.2, 0.25) is 11.8 Å². The van der Waals surface area contributed by atoms with E-state index in [-0.39, 0.29) is 24.2 Å². The Morgan fingerprint density at radius 1 is 1.30 bits per heavy atom. The van der Waals surface area contributed by atoms with Gasteiger partial charge in [0.15, 0.2) is 5.82 Å². The van der Waals surface area contributed by atoms with Crippen molar-refractivity contribution >= 4 is 17.6 Å². The third kappa shape index (κ3) is 3.77. The molecule has 120 valence electrons. The van der Waals surface area contributed by atoms with Gasteiger partial charge in [0.1, 0.15) is 0 Å². The largest absolute Gasteiger partial charge is 0.342 e. The summed E-state index contributed by atoms with van der Waals surface area (Å²) < 4.78 is 1.63. The van der Waals surface area contributed by atoms with Crippen LogP contribution in [0.2, 0.25) is 0 Å². The predicted molar refractivity (Wildman–Crippen MR) is 86.7 cm³/mol. The summed E-state index contributed by atoms with van der Waals surface area (Å²) in [6, 6.07) is 11.8. The van der Waals surface area contributed by atoms with Gasteiger partial charge in [-0.2, -0.15) is 5.10 Å². The molecule has 6 nitrogen and oxygen atoms in total. The fourth-order valence-electron chi connectivity index (χ4n) is 2.78. The molecule has 0 saturated carbocycles. The standard InChI is InChI=1S/C17H20N4O2/c1-20-9-8-15(19-20)18-17(23)14-11-16(22)21(12-14)10-7-13-5-3-2-4-6-13/h2-6,8-9,14H,7,10-12H2,1H3,(H,18,19,23)/t14-/m0/s1. The van der Waals surface area contributed by atoms with Crippen molar-refractivity contribution in [2.75, 3.05) is 18.4 Å². The van der Waals surface area contributed by atoms with Gasteiger partial charge in [0.25, 0.3) is 0 Å². The molecule has 1 fully saturated rings. The summed E-state index contributed by atoms with van der Waals surface area (Å²) >= 11 is 0. The first kappa shape index (κ1) is 15.3. The second-order valence-corrected chi connectivity index (χ2v) is 5.84. The lowest BCUT2D eigenvalue weighted by atomic mass is 10.1. The van der Waals surface area contributed by atoms with Crippen LogP contribution in [0.1, 0.15) is 12.0 Å². The van der Waals surface area contributed by atoms with Crippen LogP contribution in [0.4, 0.5) is 5.82 Å². The van der Waals surface area contributed by atoms with E-state index < -0.39 is 0 Å². The third-order valence-electron chi connectivity index (χ3n) is 4.06. The number of aryl methyl sites for hydroxylation is 1. The Kier molecular flexibility index (Phi) is 4.41. The monoisotopic (exact) mass is 312 g/mol. The van der Waals surface area contributed by atoms with E-state index in [1.165, 1.54) is 5.56 Å². The zero-order valence-electron chi connectivity index (χ0n) is 13.1. The summed E-state index contributed by atoms with van der Waals surface area (Å²) in [5.41, 5.74) is 1.20. The van der Waals surface area contributed by atoms with E-state index in [2.05, 4.69) is 10.4 Å². The number of carbonyl (C=O) groups excluding carboxylic acids is 2. The highest BCUT2D eigenvalue weighted by Gasteiger charge is 2.34. The normalized spacial score (nSPS) is 17.5. The van der Waals surface area contributed by atoms with E-state index in [9.17, 15) is 9.59 Å². The molecular weight excluding hydrogens is 292 g/mol. The third-order valence-corrected chi connectivity index (χ3v) is 4.06. The highest BCUT2D eigenvalue weighted by molar-refractivity contribution is 5.96. The van der Waals surface area contributed by atoms with Crippen molar-refractivity contribution in [1.82, 2.24) is 14.7 Å². The van der Waals surface area contributed by atoms with Crippen LogP contribution in [0.15, 0.2) is 42.6 Å². The van der Waals surface area contributed by atoms with Crippen molar-refractivity contribution in [2.45, 2.75) is 12.8 Å². The first-order valence-corrected chi connectivity index (χ1v) is 7.74. The lowest BCUT2D eigenvalue weighted by molar-refractivity contribution is -0.128. The van der Waals surface area contributed by atoms with Crippen molar-refractivity contribution in [3.8, 4) is 0 Å². The van der Waals surface area contributed by atoms with Crippen LogP contribution in [0.3, 0.4) is 0 Å². The van der Waals surface area contributed by atoms with Crippen LogP contribution < -0.4 is 5.32 Å². The highest BCUT2D eigenvalue weighted by Crippen LogP contribution is 2.20. The van der Waals surface area contributed by atoms with Gasteiger partial charge in [0.05, 0.1) is 5.92 Å². The van der Waals surface area contributed by atoms with Gasteiger partial charge in [-0.25, -0.2) is 0 Å². The van der Waals surface area contributed by atoms with Crippen molar-refractivity contribution in [1.29, 1.82) is 0 Å². The Hall–Kier alpha value is -2.63. The first-order chi connectivity index (χ1) is 11.1. The predicted octanol–water partition coefficient (Wildman–Crippen LogP) is 1.45. The zero-order chi connectivity index (χ0) is 16.2. The maximum atomic E-state index is 12.3. The number of likely N-dealkylation sites (tertiary alicyclic amines) is 1. The summed E-state index contributed by atoms with van der Waals surface area (Å²) in [7, 11) is 1.79. The number of nitrogens with one attached hydrogen (secondary N) is 1. The van der Waals surface area contributed by atoms with Crippen LogP contribution in [-0.4, -0.2) is 39.6 Å². The SMILES string of the molecule is Cn1ccc(NC(=O)[C@H]2CC(=O)N(CCc3ccccc3)C2)n1. The molecule has 1 atom stereocenters. The number of nitrogens with zero attached hydrogens (tertiary/aromatic N) is 3. The van der Waals surface area contributed by atoms with Crippen LogP contribution in [0.25, 0.3) is 0 Å². The van der Waals surface area contributed by atoms with Crippen molar-refractivity contribution < 1.29 is 9.59 Å². The minimum atomic E-state index is -0.305. The molecule has 0 bridgehead atoms. The summed E-state index contributed by atoms with van der Waals surface area (Å²) in [6.45, 7) is 1.13. The summed E-state index contributed by atoms with van der Waals surface area (Å²) in [4.78, 5) is 26.1. The molecule has 23 heavy (non-hydrogen) atoms. The van der Waals surface area contributed by atoms with Crippen LogP contribution in [-0.2, 0) is 23.1 Å². The number of benzene rings is 1. The summed E-state index contributed by atoms with van der Waals surface area (Å²) in [6.07, 6.45) is 2.84.